The van der Waals surface area contributed by atoms with E-state index >= 15 is 0 Å². The first kappa shape index (κ1) is 17.1. The Balaban J connectivity index is 0.00000154. The molecular formula is C16H25N3. The Bertz CT molecular complexity index is 416. The lowest BCUT2D eigenvalue weighted by Crippen LogP contribution is -2.10. The molecule has 1 aromatic heterocycles. The average molecular weight is 259 g/mol. The molecule has 3 nitrogen and oxygen atoms in total. The molecule has 0 unspecified atom stereocenters. The molecule has 0 saturated carbocycles. The number of anilines is 1. The van der Waals surface area contributed by atoms with Gasteiger partial charge in [0, 0.05) is 18.6 Å². The van der Waals surface area contributed by atoms with Gasteiger partial charge in [0.15, 0.2) is 5.82 Å². The molecule has 0 aliphatic rings. The lowest BCUT2D eigenvalue weighted by Gasteiger charge is -2.14. The summed E-state index contributed by atoms with van der Waals surface area (Å²) < 4.78 is 0. The normalized spacial score (nSPS) is 10.9. The summed E-state index contributed by atoms with van der Waals surface area (Å²) in [5, 5.41) is 6.01. The number of hydrogen-bond acceptors (Lipinski definition) is 3. The van der Waals surface area contributed by atoms with Crippen LogP contribution in [-0.2, 0) is 6.42 Å². The van der Waals surface area contributed by atoms with Crippen molar-refractivity contribution >= 4 is 12.0 Å². The van der Waals surface area contributed by atoms with Crippen molar-refractivity contribution in [3.8, 4) is 0 Å². The van der Waals surface area contributed by atoms with Crippen LogP contribution in [0, 0.1) is 0 Å². The predicted molar refractivity (Wildman–Crippen MR) is 85.6 cm³/mol. The first-order chi connectivity index (χ1) is 9.21. The Morgan fingerprint density at radius 2 is 2.11 bits per heavy atom. The maximum Gasteiger partial charge on any atom is 0.153 e. The molecule has 0 bridgehead atoms. The van der Waals surface area contributed by atoms with E-state index < -0.39 is 0 Å². The summed E-state index contributed by atoms with van der Waals surface area (Å²) in [7, 11) is 0. The summed E-state index contributed by atoms with van der Waals surface area (Å²) in [6, 6.07) is 4.04. The highest BCUT2D eigenvalue weighted by atomic mass is 15.5. The second-order valence-corrected chi connectivity index (χ2v) is 3.67. The van der Waals surface area contributed by atoms with E-state index in [4.69, 9.17) is 0 Å². The van der Waals surface area contributed by atoms with Crippen LogP contribution in [0.25, 0.3) is 0 Å². The Kier molecular flexibility index (Phi) is 9.06. The zero-order chi connectivity index (χ0) is 14.7. The third-order valence-electron chi connectivity index (χ3n) is 2.34. The highest BCUT2D eigenvalue weighted by molar-refractivity contribution is 5.57. The number of aryl methyl sites for hydroxylation is 1. The van der Waals surface area contributed by atoms with Gasteiger partial charge in [-0.3, -0.25) is 0 Å². The minimum Gasteiger partial charge on any atom is -0.237 e. The largest absolute Gasteiger partial charge is 0.237 e. The van der Waals surface area contributed by atoms with Crippen molar-refractivity contribution in [2.45, 2.75) is 41.0 Å². The van der Waals surface area contributed by atoms with Crippen LogP contribution in [-0.4, -0.2) is 11.2 Å². The number of aromatic nitrogens is 1. The summed E-state index contributed by atoms with van der Waals surface area (Å²) in [5.41, 5.74) is 2.26. The topological polar surface area (TPSA) is 28.5 Å². The third kappa shape index (κ3) is 6.00. The zero-order valence-corrected chi connectivity index (χ0v) is 12.7. The van der Waals surface area contributed by atoms with Crippen LogP contribution in [0.2, 0.25) is 0 Å². The van der Waals surface area contributed by atoms with E-state index in [1.165, 1.54) is 5.56 Å². The standard InChI is InChI=1S/C14H19N3.C2H6/c1-5-12(4)11-17(16-7-3)14-9-8-13(6-2)10-15-14;1-2/h5,7-11H,1,6H2,2-4H3;1-2H3/b12-11+,16-7-;. The smallest absolute Gasteiger partial charge is 0.153 e. The highest BCUT2D eigenvalue weighted by Crippen LogP contribution is 2.14. The molecule has 0 fully saturated rings. The summed E-state index contributed by atoms with van der Waals surface area (Å²) >= 11 is 0. The van der Waals surface area contributed by atoms with Crippen molar-refractivity contribution in [1.29, 1.82) is 0 Å². The van der Waals surface area contributed by atoms with Crippen LogP contribution in [0.15, 0.2) is 47.9 Å². The van der Waals surface area contributed by atoms with Crippen LogP contribution in [0.5, 0.6) is 0 Å². The second kappa shape index (κ2) is 10.1. The van der Waals surface area contributed by atoms with Crippen LogP contribution in [0.3, 0.4) is 0 Å². The molecule has 3 heteroatoms. The van der Waals surface area contributed by atoms with Crippen LogP contribution in [0.4, 0.5) is 5.82 Å². The lowest BCUT2D eigenvalue weighted by atomic mass is 10.2. The average Bonchev–Trinajstić information content (AvgIpc) is 2.48. The summed E-state index contributed by atoms with van der Waals surface area (Å²) in [6.07, 6.45) is 8.30. The van der Waals surface area contributed by atoms with Crippen molar-refractivity contribution in [3.05, 3.63) is 48.3 Å². The van der Waals surface area contributed by atoms with Gasteiger partial charge in [0.2, 0.25) is 0 Å². The first-order valence-corrected chi connectivity index (χ1v) is 6.74. The molecule has 0 aliphatic carbocycles. The number of nitrogens with zero attached hydrogens (tertiary/aromatic N) is 3. The predicted octanol–water partition coefficient (Wildman–Crippen LogP) is 4.57. The molecule has 0 radical (unpaired) electrons. The molecule has 0 N–H and O–H groups in total. The van der Waals surface area contributed by atoms with Gasteiger partial charge >= 0.3 is 0 Å². The maximum atomic E-state index is 4.39. The van der Waals surface area contributed by atoms with Gasteiger partial charge in [-0.25, -0.2) is 9.99 Å². The van der Waals surface area contributed by atoms with E-state index in [0.29, 0.717) is 0 Å². The van der Waals surface area contributed by atoms with Gasteiger partial charge in [-0.2, -0.15) is 5.10 Å². The number of rotatable bonds is 5. The van der Waals surface area contributed by atoms with Crippen LogP contribution < -0.4 is 5.01 Å². The molecule has 1 heterocycles. The van der Waals surface area contributed by atoms with Gasteiger partial charge in [0.25, 0.3) is 0 Å². The SMILES string of the molecule is C=C/C(C)=C/N(/N=C\C)c1ccc(CC)cn1.CC. The molecule has 0 spiro atoms. The summed E-state index contributed by atoms with van der Waals surface area (Å²) in [6.45, 7) is 13.7. The van der Waals surface area contributed by atoms with Gasteiger partial charge < -0.3 is 0 Å². The number of pyridine rings is 1. The molecule has 0 aliphatic heterocycles. The molecule has 0 saturated heterocycles. The maximum absolute atomic E-state index is 4.39. The van der Waals surface area contributed by atoms with Crippen LogP contribution >= 0.6 is 0 Å². The minimum absolute atomic E-state index is 0.807. The minimum atomic E-state index is 0.807. The quantitative estimate of drug-likeness (QED) is 0.440. The molecule has 104 valence electrons. The van der Waals surface area contributed by atoms with E-state index in [1.807, 2.05) is 46.2 Å². The van der Waals surface area contributed by atoms with E-state index in [1.54, 1.807) is 17.3 Å². The second-order valence-electron chi connectivity index (χ2n) is 3.67. The van der Waals surface area contributed by atoms with Crippen molar-refractivity contribution in [3.63, 3.8) is 0 Å². The highest BCUT2D eigenvalue weighted by Gasteiger charge is 2.02. The molecule has 1 aromatic rings. The molecule has 0 aromatic carbocycles. The summed E-state index contributed by atoms with van der Waals surface area (Å²) in [4.78, 5) is 4.39. The first-order valence-electron chi connectivity index (χ1n) is 6.74. The van der Waals surface area contributed by atoms with Gasteiger partial charge in [-0.1, -0.05) is 39.5 Å². The number of hydrogen-bond donors (Lipinski definition) is 0. The summed E-state index contributed by atoms with van der Waals surface area (Å²) in [5.74, 6) is 0.807. The van der Waals surface area contributed by atoms with Gasteiger partial charge in [-0.05, 0) is 37.5 Å². The molecule has 0 amide bonds. The Morgan fingerprint density at radius 1 is 1.42 bits per heavy atom. The van der Waals surface area contributed by atoms with Crippen LogP contribution in [0.1, 0.15) is 40.2 Å². The Hall–Kier alpha value is -1.90. The molecular weight excluding hydrogens is 234 g/mol. The number of allylic oxidation sites excluding steroid dienone is 2. The Labute approximate surface area is 117 Å². The fourth-order valence-corrected chi connectivity index (χ4v) is 1.29. The van der Waals surface area contributed by atoms with Gasteiger partial charge in [0.1, 0.15) is 0 Å². The van der Waals surface area contributed by atoms with E-state index in [2.05, 4.69) is 29.7 Å². The van der Waals surface area contributed by atoms with Crippen molar-refractivity contribution in [2.24, 2.45) is 5.10 Å². The van der Waals surface area contributed by atoms with E-state index in [9.17, 15) is 0 Å². The fourth-order valence-electron chi connectivity index (χ4n) is 1.29. The van der Waals surface area contributed by atoms with Crippen molar-refractivity contribution < 1.29 is 0 Å². The third-order valence-corrected chi connectivity index (χ3v) is 2.34. The van der Waals surface area contributed by atoms with Gasteiger partial charge in [0.05, 0.1) is 0 Å². The molecule has 1 rings (SSSR count). The molecule has 19 heavy (non-hydrogen) atoms. The fraction of sp³-hybridized carbons (Fsp3) is 0.375. The van der Waals surface area contributed by atoms with E-state index in [-0.39, 0.29) is 0 Å². The monoisotopic (exact) mass is 259 g/mol. The lowest BCUT2D eigenvalue weighted by molar-refractivity contribution is 1.01. The molecule has 0 atom stereocenters. The van der Waals surface area contributed by atoms with Gasteiger partial charge in [-0.15, -0.1) is 0 Å². The zero-order valence-electron chi connectivity index (χ0n) is 12.7. The number of hydrazone groups is 1. The van der Waals surface area contributed by atoms with Crippen molar-refractivity contribution in [1.82, 2.24) is 4.98 Å². The van der Waals surface area contributed by atoms with Crippen molar-refractivity contribution in [2.75, 3.05) is 5.01 Å². The Morgan fingerprint density at radius 3 is 2.53 bits per heavy atom. The van der Waals surface area contributed by atoms with E-state index in [0.717, 1.165) is 17.8 Å².